The van der Waals surface area contributed by atoms with Crippen molar-refractivity contribution in [3.8, 4) is 5.75 Å². The van der Waals surface area contributed by atoms with Gasteiger partial charge in [-0.15, -0.1) is 0 Å². The van der Waals surface area contributed by atoms with Gasteiger partial charge in [0.25, 0.3) is 0 Å². The van der Waals surface area contributed by atoms with Crippen LogP contribution < -0.4 is 4.18 Å². The van der Waals surface area contributed by atoms with Crippen molar-refractivity contribution in [1.29, 1.82) is 0 Å². The highest BCUT2D eigenvalue weighted by Gasteiger charge is 2.26. The van der Waals surface area contributed by atoms with E-state index in [9.17, 15) is 17.2 Å². The summed E-state index contributed by atoms with van der Waals surface area (Å²) in [4.78, 5) is 4.23. The first-order chi connectivity index (χ1) is 11.9. The predicted octanol–water partition coefficient (Wildman–Crippen LogP) is 3.21. The van der Waals surface area contributed by atoms with E-state index in [1.807, 2.05) is 0 Å². The highest BCUT2D eigenvalue weighted by atomic mass is 32.2. The summed E-state index contributed by atoms with van der Waals surface area (Å²) < 4.78 is 60.7. The third-order valence-electron chi connectivity index (χ3n) is 3.67. The van der Waals surface area contributed by atoms with Gasteiger partial charge in [-0.1, -0.05) is 18.2 Å². The molecule has 25 heavy (non-hydrogen) atoms. The minimum atomic E-state index is -3.59. The Labute approximate surface area is 144 Å². The molecule has 1 unspecified atom stereocenters. The molecule has 3 rings (SSSR count). The van der Waals surface area contributed by atoms with Crippen LogP contribution >= 0.6 is 0 Å². The maximum absolute atomic E-state index is 13.8. The molecule has 0 N–H and O–H groups in total. The van der Waals surface area contributed by atoms with Crippen LogP contribution in [0.15, 0.2) is 47.5 Å². The van der Waals surface area contributed by atoms with Crippen LogP contribution in [0.1, 0.15) is 24.1 Å². The molecule has 1 aliphatic rings. The average molecular weight is 367 g/mol. The number of rotatable bonds is 5. The van der Waals surface area contributed by atoms with Crippen LogP contribution in [-0.4, -0.2) is 26.7 Å². The van der Waals surface area contributed by atoms with E-state index in [1.54, 1.807) is 12.1 Å². The zero-order chi connectivity index (χ0) is 18.0. The van der Waals surface area contributed by atoms with Gasteiger partial charge in [-0.2, -0.15) is 8.42 Å². The molecule has 0 fully saturated rings. The maximum atomic E-state index is 13.8. The highest BCUT2D eigenvalue weighted by Crippen LogP contribution is 2.28. The van der Waals surface area contributed by atoms with Gasteiger partial charge in [-0.05, 0) is 36.8 Å². The highest BCUT2D eigenvalue weighted by molar-refractivity contribution is 7.87. The summed E-state index contributed by atoms with van der Waals surface area (Å²) in [6.07, 6.45) is 0. The molecule has 2 aromatic rings. The second-order valence-electron chi connectivity index (χ2n) is 5.36. The second-order valence-corrected chi connectivity index (χ2v) is 7.22. The molecular weight excluding hydrogens is 352 g/mol. The summed E-state index contributed by atoms with van der Waals surface area (Å²) in [5.74, 6) is -1.52. The summed E-state index contributed by atoms with van der Waals surface area (Å²) in [5.41, 5.74) is 0.423. The van der Waals surface area contributed by atoms with E-state index in [0.29, 0.717) is 5.56 Å². The molecular formula is C17H15F2NO4S. The molecule has 0 aliphatic carbocycles. The van der Waals surface area contributed by atoms with Crippen LogP contribution in [-0.2, 0) is 14.9 Å². The number of ether oxygens (including phenoxy) is 1. The molecule has 132 valence electrons. The fourth-order valence-electron chi connectivity index (χ4n) is 2.33. The maximum Gasteiger partial charge on any atom is 0.308 e. The monoisotopic (exact) mass is 367 g/mol. The van der Waals surface area contributed by atoms with Gasteiger partial charge >= 0.3 is 10.1 Å². The molecule has 1 heterocycles. The largest absolute Gasteiger partial charge is 0.475 e. The molecule has 2 aromatic carbocycles. The lowest BCUT2D eigenvalue weighted by Crippen LogP contribution is -2.11. The lowest BCUT2D eigenvalue weighted by Gasteiger charge is -2.08. The van der Waals surface area contributed by atoms with Crippen molar-refractivity contribution in [3.05, 3.63) is 65.2 Å². The van der Waals surface area contributed by atoms with Gasteiger partial charge in [0.05, 0.1) is 5.75 Å². The quantitative estimate of drug-likeness (QED) is 0.761. The average Bonchev–Trinajstić information content (AvgIpc) is 3.05. The smallest absolute Gasteiger partial charge is 0.308 e. The van der Waals surface area contributed by atoms with E-state index in [0.717, 1.165) is 12.1 Å². The number of hydrogen-bond donors (Lipinski definition) is 0. The Hall–Kier alpha value is -2.48. The van der Waals surface area contributed by atoms with Crippen LogP contribution in [0.25, 0.3) is 0 Å². The van der Waals surface area contributed by atoms with Gasteiger partial charge in [0.1, 0.15) is 35.6 Å². The number of benzene rings is 2. The van der Waals surface area contributed by atoms with Crippen molar-refractivity contribution in [1.82, 2.24) is 0 Å². The Balaban J connectivity index is 1.81. The van der Waals surface area contributed by atoms with Crippen molar-refractivity contribution in [3.63, 3.8) is 0 Å². The molecule has 1 atom stereocenters. The first-order valence-corrected chi connectivity index (χ1v) is 9.14. The molecule has 0 bridgehead atoms. The summed E-state index contributed by atoms with van der Waals surface area (Å²) in [6, 6.07) is 9.38. The minimum Gasteiger partial charge on any atom is -0.475 e. The first-order valence-electron chi connectivity index (χ1n) is 7.56. The molecule has 8 heteroatoms. The van der Waals surface area contributed by atoms with Gasteiger partial charge in [-0.25, -0.2) is 13.8 Å². The zero-order valence-corrected chi connectivity index (χ0v) is 14.1. The summed E-state index contributed by atoms with van der Waals surface area (Å²) in [7, 11) is -3.59. The summed E-state index contributed by atoms with van der Waals surface area (Å²) >= 11 is 0. The SMILES string of the molecule is CCS(=O)(=O)Oc1ccc(C2COC(c3c(F)cccc3F)=N2)cc1. The number of nitrogens with zero attached hydrogens (tertiary/aromatic N) is 1. The molecule has 0 saturated carbocycles. The van der Waals surface area contributed by atoms with Crippen molar-refractivity contribution in [2.45, 2.75) is 13.0 Å². The van der Waals surface area contributed by atoms with Gasteiger partial charge in [-0.3, -0.25) is 0 Å². The Kier molecular flexibility index (Phi) is 4.71. The fraction of sp³-hybridized carbons (Fsp3) is 0.235. The number of halogens is 2. The summed E-state index contributed by atoms with van der Waals surface area (Å²) in [5, 5.41) is 0. The molecule has 0 amide bonds. The van der Waals surface area contributed by atoms with E-state index < -0.39 is 27.8 Å². The van der Waals surface area contributed by atoms with Crippen LogP contribution in [0.4, 0.5) is 8.78 Å². The molecule has 5 nitrogen and oxygen atoms in total. The van der Waals surface area contributed by atoms with E-state index in [1.165, 1.54) is 25.1 Å². The number of aliphatic imine (C=N–C) groups is 1. The fourth-order valence-corrected chi connectivity index (χ4v) is 2.86. The van der Waals surface area contributed by atoms with E-state index >= 15 is 0 Å². The second kappa shape index (κ2) is 6.79. The predicted molar refractivity (Wildman–Crippen MR) is 88.1 cm³/mol. The Morgan fingerprint density at radius 1 is 1.16 bits per heavy atom. The minimum absolute atomic E-state index is 0.0884. The lowest BCUT2D eigenvalue weighted by molar-refractivity contribution is 0.317. The summed E-state index contributed by atoms with van der Waals surface area (Å²) in [6.45, 7) is 1.62. The third kappa shape index (κ3) is 3.79. The normalized spacial score (nSPS) is 17.1. The topological polar surface area (TPSA) is 65.0 Å². The van der Waals surface area contributed by atoms with Crippen molar-refractivity contribution in [2.75, 3.05) is 12.4 Å². The molecule has 1 aliphatic heterocycles. The van der Waals surface area contributed by atoms with Crippen LogP contribution in [0.2, 0.25) is 0 Å². The van der Waals surface area contributed by atoms with E-state index in [-0.39, 0.29) is 29.6 Å². The standard InChI is InChI=1S/C17H15F2NO4S/c1-2-25(21,22)24-12-8-6-11(7-9-12)15-10-23-17(20-15)16-13(18)4-3-5-14(16)19/h3-9,15H,2,10H2,1H3. The molecule has 0 aromatic heterocycles. The van der Waals surface area contributed by atoms with Gasteiger partial charge in [0, 0.05) is 0 Å². The van der Waals surface area contributed by atoms with Crippen molar-refractivity contribution >= 4 is 16.0 Å². The van der Waals surface area contributed by atoms with Crippen molar-refractivity contribution < 1.29 is 26.1 Å². The molecule has 0 radical (unpaired) electrons. The first kappa shape index (κ1) is 17.3. The Morgan fingerprint density at radius 3 is 2.40 bits per heavy atom. The van der Waals surface area contributed by atoms with Crippen LogP contribution in [0.5, 0.6) is 5.75 Å². The zero-order valence-electron chi connectivity index (χ0n) is 13.3. The van der Waals surface area contributed by atoms with Crippen molar-refractivity contribution in [2.24, 2.45) is 4.99 Å². The van der Waals surface area contributed by atoms with Gasteiger partial charge < -0.3 is 8.92 Å². The molecule has 0 saturated heterocycles. The van der Waals surface area contributed by atoms with Crippen LogP contribution in [0, 0.1) is 11.6 Å². The van der Waals surface area contributed by atoms with E-state index in [4.69, 9.17) is 8.92 Å². The Bertz CT molecular complexity index is 890. The molecule has 0 spiro atoms. The van der Waals surface area contributed by atoms with Gasteiger partial charge in [0.2, 0.25) is 5.90 Å². The Morgan fingerprint density at radius 2 is 1.80 bits per heavy atom. The third-order valence-corrected chi connectivity index (χ3v) is 4.82. The lowest BCUT2D eigenvalue weighted by atomic mass is 10.1. The van der Waals surface area contributed by atoms with E-state index in [2.05, 4.69) is 4.99 Å². The number of hydrogen-bond acceptors (Lipinski definition) is 5. The van der Waals surface area contributed by atoms with Crippen LogP contribution in [0.3, 0.4) is 0 Å². The van der Waals surface area contributed by atoms with Gasteiger partial charge in [0.15, 0.2) is 0 Å².